The minimum Gasteiger partial charge on any atom is -0.365 e. The summed E-state index contributed by atoms with van der Waals surface area (Å²) in [6.45, 7) is 5.10. The highest BCUT2D eigenvalue weighted by molar-refractivity contribution is 5.98. The van der Waals surface area contributed by atoms with E-state index in [-0.39, 0.29) is 60.6 Å². The molecule has 2 aliphatic rings. The Kier molecular flexibility index (Phi) is 7.07. The van der Waals surface area contributed by atoms with Crippen LogP contribution < -0.4 is 27.2 Å². The number of piperidine rings is 1. The van der Waals surface area contributed by atoms with E-state index in [1.54, 1.807) is 16.8 Å². The Balaban J connectivity index is 1.71. The van der Waals surface area contributed by atoms with Crippen LogP contribution in [0.5, 0.6) is 0 Å². The molecule has 0 radical (unpaired) electrons. The van der Waals surface area contributed by atoms with Crippen LogP contribution in [0.3, 0.4) is 0 Å². The van der Waals surface area contributed by atoms with Crippen LogP contribution in [0.2, 0.25) is 0 Å². The van der Waals surface area contributed by atoms with Crippen molar-refractivity contribution in [1.29, 1.82) is 0 Å². The molecule has 0 spiro atoms. The van der Waals surface area contributed by atoms with Gasteiger partial charge >= 0.3 is 0 Å². The molecule has 4 rings (SSSR count). The molecule has 1 saturated heterocycles. The Labute approximate surface area is 202 Å². The Morgan fingerprint density at radius 2 is 1.97 bits per heavy atom. The van der Waals surface area contributed by atoms with Crippen molar-refractivity contribution in [1.82, 2.24) is 14.5 Å². The van der Waals surface area contributed by atoms with Gasteiger partial charge in [-0.15, -0.1) is 0 Å². The van der Waals surface area contributed by atoms with Crippen LogP contribution in [-0.2, 0) is 0 Å². The number of anilines is 3. The number of rotatable bonds is 6. The van der Waals surface area contributed by atoms with Crippen LogP contribution in [0, 0.1) is 0 Å². The van der Waals surface area contributed by atoms with Gasteiger partial charge in [-0.1, -0.05) is 0 Å². The molecule has 11 heteroatoms. The molecule has 0 aromatic carbocycles. The van der Waals surface area contributed by atoms with Crippen LogP contribution in [0.1, 0.15) is 80.3 Å². The van der Waals surface area contributed by atoms with Gasteiger partial charge in [0.05, 0.1) is 5.69 Å². The zero-order chi connectivity index (χ0) is 25.3. The second kappa shape index (κ2) is 9.88. The van der Waals surface area contributed by atoms with Crippen LogP contribution in [-0.4, -0.2) is 45.5 Å². The summed E-state index contributed by atoms with van der Waals surface area (Å²) in [6, 6.07) is 1.54. The van der Waals surface area contributed by atoms with Crippen molar-refractivity contribution in [3.63, 3.8) is 0 Å². The third kappa shape index (κ3) is 5.61. The number of carbonyl (C=O) groups is 1. The topological polar surface area (TPSA) is 132 Å². The molecule has 9 nitrogen and oxygen atoms in total. The highest BCUT2D eigenvalue weighted by atomic mass is 19.3. The summed E-state index contributed by atoms with van der Waals surface area (Å²) in [5.74, 6) is -2.99. The number of primary amides is 1. The molecular weight excluding hydrogens is 456 g/mol. The number of carbonyl (C=O) groups excluding carboxylic acids is 1. The standard InChI is InChI=1S/C24H33F2N7O2/c1-14(2)33-13-17(10-18(22(33)35)15-5-7-24(25,26)8-6-15)30-21-19(20(28)34)11-29-23(31-21)32-9-3-4-16(27)12-32/h10-11,13-16H,3-9,12,27H2,1-2H3,(H2,28,34)(H,29,30,31)/t16-/m0/s1. The molecule has 1 aliphatic carbocycles. The summed E-state index contributed by atoms with van der Waals surface area (Å²) in [5.41, 5.74) is 12.6. The summed E-state index contributed by atoms with van der Waals surface area (Å²) < 4.78 is 29.0. The van der Waals surface area contributed by atoms with Crippen LogP contribution in [0.15, 0.2) is 23.3 Å². The highest BCUT2D eigenvalue weighted by Crippen LogP contribution is 2.40. The minimum atomic E-state index is -2.69. The van der Waals surface area contributed by atoms with Gasteiger partial charge < -0.3 is 26.3 Å². The molecule has 1 saturated carbocycles. The van der Waals surface area contributed by atoms with Gasteiger partial charge in [-0.3, -0.25) is 9.59 Å². The quantitative estimate of drug-likeness (QED) is 0.567. The molecule has 0 unspecified atom stereocenters. The van der Waals surface area contributed by atoms with E-state index in [0.29, 0.717) is 23.7 Å². The van der Waals surface area contributed by atoms with Crippen molar-refractivity contribution < 1.29 is 13.6 Å². The highest BCUT2D eigenvalue weighted by Gasteiger charge is 2.36. The second-order valence-corrected chi connectivity index (χ2v) is 9.89. The third-order valence-electron chi connectivity index (χ3n) is 6.83. The zero-order valence-electron chi connectivity index (χ0n) is 20.1. The molecule has 1 aliphatic heterocycles. The number of hydrogen-bond donors (Lipinski definition) is 3. The maximum Gasteiger partial charge on any atom is 0.254 e. The number of aromatic nitrogens is 3. The van der Waals surface area contributed by atoms with Crippen molar-refractivity contribution in [2.45, 2.75) is 76.3 Å². The summed E-state index contributed by atoms with van der Waals surface area (Å²) >= 11 is 0. The molecule has 2 aromatic rings. The summed E-state index contributed by atoms with van der Waals surface area (Å²) in [4.78, 5) is 36.1. The molecule has 3 heterocycles. The largest absolute Gasteiger partial charge is 0.365 e. The van der Waals surface area contributed by atoms with Gasteiger partial charge in [0.15, 0.2) is 0 Å². The number of nitrogens with two attached hydrogens (primary N) is 2. The molecule has 1 amide bonds. The SMILES string of the molecule is CC(C)n1cc(Nc2nc(N3CCC[C@H](N)C3)ncc2C(N)=O)cc(C2CCC(F)(F)CC2)c1=O. The van der Waals surface area contributed by atoms with E-state index in [9.17, 15) is 18.4 Å². The van der Waals surface area contributed by atoms with Gasteiger partial charge in [-0.25, -0.2) is 13.8 Å². The van der Waals surface area contributed by atoms with Crippen molar-refractivity contribution in [3.8, 4) is 0 Å². The molecule has 1 atom stereocenters. The van der Waals surface area contributed by atoms with Gasteiger partial charge in [0.25, 0.3) is 11.5 Å². The van der Waals surface area contributed by atoms with Crippen molar-refractivity contribution in [2.24, 2.45) is 11.5 Å². The minimum absolute atomic E-state index is 0.0135. The molecule has 5 N–H and O–H groups in total. The van der Waals surface area contributed by atoms with E-state index in [2.05, 4.69) is 15.3 Å². The van der Waals surface area contributed by atoms with Gasteiger partial charge in [0.1, 0.15) is 11.4 Å². The van der Waals surface area contributed by atoms with Gasteiger partial charge in [0.2, 0.25) is 11.9 Å². The van der Waals surface area contributed by atoms with E-state index >= 15 is 0 Å². The first-order valence-electron chi connectivity index (χ1n) is 12.1. The van der Waals surface area contributed by atoms with Crippen molar-refractivity contribution in [3.05, 3.63) is 39.9 Å². The van der Waals surface area contributed by atoms with Gasteiger partial charge in [-0.05, 0) is 51.5 Å². The van der Waals surface area contributed by atoms with Crippen LogP contribution in [0.25, 0.3) is 0 Å². The summed E-state index contributed by atoms with van der Waals surface area (Å²) in [5, 5.41) is 3.15. The lowest BCUT2D eigenvalue weighted by molar-refractivity contribution is -0.0383. The average molecular weight is 490 g/mol. The first-order valence-corrected chi connectivity index (χ1v) is 12.1. The normalized spacial score (nSPS) is 20.7. The monoisotopic (exact) mass is 489 g/mol. The lowest BCUT2D eigenvalue weighted by Crippen LogP contribution is -2.43. The van der Waals surface area contributed by atoms with Gasteiger partial charge in [-0.2, -0.15) is 4.98 Å². The number of amides is 1. The first-order chi connectivity index (χ1) is 16.5. The van der Waals surface area contributed by atoms with Crippen molar-refractivity contribution >= 4 is 23.4 Å². The van der Waals surface area contributed by atoms with E-state index in [1.807, 2.05) is 18.7 Å². The number of halogens is 2. The maximum absolute atomic E-state index is 13.7. The summed E-state index contributed by atoms with van der Waals surface area (Å²) in [6.07, 6.45) is 4.87. The number of nitrogens with one attached hydrogen (secondary N) is 1. The molecule has 35 heavy (non-hydrogen) atoms. The van der Waals surface area contributed by atoms with Crippen LogP contribution in [0.4, 0.5) is 26.2 Å². The average Bonchev–Trinajstić information content (AvgIpc) is 2.80. The Morgan fingerprint density at radius 3 is 2.60 bits per heavy atom. The predicted octanol–water partition coefficient (Wildman–Crippen LogP) is 3.28. The Hall–Kier alpha value is -3.08. The second-order valence-electron chi connectivity index (χ2n) is 9.89. The van der Waals surface area contributed by atoms with E-state index < -0.39 is 11.8 Å². The zero-order valence-corrected chi connectivity index (χ0v) is 20.1. The van der Waals surface area contributed by atoms with E-state index in [1.165, 1.54) is 6.20 Å². The predicted molar refractivity (Wildman–Crippen MR) is 130 cm³/mol. The molecule has 2 aromatic heterocycles. The Morgan fingerprint density at radius 1 is 1.26 bits per heavy atom. The molecule has 2 fully saturated rings. The fourth-order valence-electron chi connectivity index (χ4n) is 4.85. The summed E-state index contributed by atoms with van der Waals surface area (Å²) in [7, 11) is 0. The fraction of sp³-hybridized carbons (Fsp3) is 0.583. The fourth-order valence-corrected chi connectivity index (χ4v) is 4.85. The lowest BCUT2D eigenvalue weighted by atomic mass is 9.82. The number of nitrogens with zero attached hydrogens (tertiary/aromatic N) is 4. The number of hydrogen-bond acceptors (Lipinski definition) is 7. The third-order valence-corrected chi connectivity index (χ3v) is 6.83. The first kappa shape index (κ1) is 25.0. The van der Waals surface area contributed by atoms with E-state index in [0.717, 1.165) is 19.4 Å². The number of alkyl halides is 2. The van der Waals surface area contributed by atoms with Crippen LogP contribution >= 0.6 is 0 Å². The lowest BCUT2D eigenvalue weighted by Gasteiger charge is -2.31. The van der Waals surface area contributed by atoms with Crippen molar-refractivity contribution in [2.75, 3.05) is 23.3 Å². The maximum atomic E-state index is 13.7. The van der Waals surface area contributed by atoms with E-state index in [4.69, 9.17) is 11.5 Å². The number of pyridine rings is 1. The molecule has 190 valence electrons. The Bertz CT molecular complexity index is 1140. The smallest absolute Gasteiger partial charge is 0.254 e. The van der Waals surface area contributed by atoms with Gasteiger partial charge in [0, 0.05) is 56.0 Å². The molecule has 0 bridgehead atoms. The molecular formula is C24H33F2N7O2.